The predicted molar refractivity (Wildman–Crippen MR) is 85.4 cm³/mol. The van der Waals surface area contributed by atoms with E-state index >= 15 is 0 Å². The summed E-state index contributed by atoms with van der Waals surface area (Å²) >= 11 is 0. The molecule has 6 heteroatoms. The molecule has 3 aromatic rings. The fourth-order valence-corrected chi connectivity index (χ4v) is 2.17. The van der Waals surface area contributed by atoms with E-state index in [4.69, 9.17) is 9.26 Å². The number of anilines is 1. The van der Waals surface area contributed by atoms with E-state index in [0.717, 1.165) is 5.56 Å². The second kappa shape index (κ2) is 6.31. The van der Waals surface area contributed by atoms with Crippen LogP contribution in [0.3, 0.4) is 0 Å². The highest BCUT2D eigenvalue weighted by molar-refractivity contribution is 6.04. The van der Waals surface area contributed by atoms with Gasteiger partial charge in [-0.15, -0.1) is 0 Å². The Kier molecular flexibility index (Phi) is 4.05. The maximum absolute atomic E-state index is 12.3. The van der Waals surface area contributed by atoms with Crippen molar-refractivity contribution in [3.05, 3.63) is 59.8 Å². The van der Waals surface area contributed by atoms with E-state index in [0.29, 0.717) is 22.7 Å². The molecule has 2 heterocycles. The number of methoxy groups -OCH3 is 1. The van der Waals surface area contributed by atoms with Crippen LogP contribution in [0.5, 0.6) is 5.75 Å². The summed E-state index contributed by atoms with van der Waals surface area (Å²) < 4.78 is 10.3. The first-order chi connectivity index (χ1) is 11.2. The van der Waals surface area contributed by atoms with Gasteiger partial charge in [0.05, 0.1) is 12.8 Å². The van der Waals surface area contributed by atoms with E-state index in [1.165, 1.54) is 0 Å². The van der Waals surface area contributed by atoms with Gasteiger partial charge in [0.2, 0.25) is 5.88 Å². The summed E-state index contributed by atoms with van der Waals surface area (Å²) in [5, 5.41) is 6.60. The molecule has 0 aliphatic heterocycles. The zero-order chi connectivity index (χ0) is 16.2. The zero-order valence-electron chi connectivity index (χ0n) is 12.7. The van der Waals surface area contributed by atoms with E-state index < -0.39 is 0 Å². The molecule has 2 aromatic heterocycles. The highest BCUT2D eigenvalue weighted by Gasteiger charge is 2.14. The summed E-state index contributed by atoms with van der Waals surface area (Å²) in [7, 11) is 1.59. The average Bonchev–Trinajstić information content (AvgIpc) is 3.03. The van der Waals surface area contributed by atoms with Crippen LogP contribution in [-0.4, -0.2) is 23.2 Å². The molecule has 1 N–H and O–H groups in total. The van der Waals surface area contributed by atoms with E-state index in [1.807, 2.05) is 25.1 Å². The molecule has 0 unspecified atom stereocenters. The van der Waals surface area contributed by atoms with Gasteiger partial charge in [-0.05, 0) is 42.8 Å². The second-order valence-corrected chi connectivity index (χ2v) is 4.93. The van der Waals surface area contributed by atoms with Crippen LogP contribution in [0.25, 0.3) is 11.4 Å². The molecule has 0 aliphatic rings. The van der Waals surface area contributed by atoms with Gasteiger partial charge in [-0.2, -0.15) is 0 Å². The summed E-state index contributed by atoms with van der Waals surface area (Å²) in [4.78, 5) is 16.5. The quantitative estimate of drug-likeness (QED) is 0.800. The molecule has 0 aliphatic carbocycles. The molecule has 0 spiro atoms. The minimum Gasteiger partial charge on any atom is -0.497 e. The summed E-state index contributed by atoms with van der Waals surface area (Å²) in [6.07, 6.45) is 1.67. The fraction of sp³-hybridized carbons (Fsp3) is 0.118. The molecule has 0 saturated carbocycles. The Morgan fingerprint density at radius 1 is 1.17 bits per heavy atom. The van der Waals surface area contributed by atoms with Crippen LogP contribution in [0.4, 0.5) is 5.88 Å². The lowest BCUT2D eigenvalue weighted by Crippen LogP contribution is -2.12. The van der Waals surface area contributed by atoms with Crippen LogP contribution in [0.1, 0.15) is 15.9 Å². The summed E-state index contributed by atoms with van der Waals surface area (Å²) in [6, 6.07) is 12.4. The van der Waals surface area contributed by atoms with Gasteiger partial charge in [0.1, 0.15) is 11.4 Å². The van der Waals surface area contributed by atoms with Crippen LogP contribution in [0, 0.1) is 6.92 Å². The van der Waals surface area contributed by atoms with Crippen LogP contribution in [0.15, 0.2) is 53.2 Å². The molecular weight excluding hydrogens is 294 g/mol. The Morgan fingerprint density at radius 3 is 2.74 bits per heavy atom. The minimum atomic E-state index is -0.270. The normalized spacial score (nSPS) is 10.3. The number of carbonyl (C=O) groups is 1. The average molecular weight is 309 g/mol. The third kappa shape index (κ3) is 3.21. The maximum Gasteiger partial charge on any atom is 0.258 e. The first-order valence-electron chi connectivity index (χ1n) is 7.01. The Labute approximate surface area is 133 Å². The van der Waals surface area contributed by atoms with Crippen molar-refractivity contribution >= 4 is 11.8 Å². The second-order valence-electron chi connectivity index (χ2n) is 4.93. The Balaban J connectivity index is 1.77. The van der Waals surface area contributed by atoms with Crippen molar-refractivity contribution in [3.63, 3.8) is 0 Å². The molecule has 1 aromatic carbocycles. The molecule has 0 atom stereocenters. The van der Waals surface area contributed by atoms with E-state index in [1.54, 1.807) is 37.6 Å². The molecule has 6 nitrogen and oxygen atoms in total. The first kappa shape index (κ1) is 14.8. The Hall–Kier alpha value is -3.15. The number of nitrogens with zero attached hydrogens (tertiary/aromatic N) is 2. The van der Waals surface area contributed by atoms with E-state index in [-0.39, 0.29) is 11.8 Å². The largest absolute Gasteiger partial charge is 0.497 e. The number of aryl methyl sites for hydroxylation is 1. The van der Waals surface area contributed by atoms with Crippen molar-refractivity contribution in [1.82, 2.24) is 10.1 Å². The van der Waals surface area contributed by atoms with Crippen LogP contribution >= 0.6 is 0 Å². The molecule has 0 radical (unpaired) electrons. The Morgan fingerprint density at radius 2 is 2.04 bits per heavy atom. The molecular formula is C17H15N3O3. The highest BCUT2D eigenvalue weighted by atomic mass is 16.5. The van der Waals surface area contributed by atoms with Gasteiger partial charge in [0.25, 0.3) is 5.91 Å². The van der Waals surface area contributed by atoms with E-state index in [2.05, 4.69) is 15.5 Å². The molecule has 0 fully saturated rings. The molecule has 0 bridgehead atoms. The van der Waals surface area contributed by atoms with Crippen molar-refractivity contribution in [2.24, 2.45) is 0 Å². The van der Waals surface area contributed by atoms with Gasteiger partial charge in [0.15, 0.2) is 0 Å². The smallest absolute Gasteiger partial charge is 0.258 e. The van der Waals surface area contributed by atoms with Gasteiger partial charge in [-0.25, -0.2) is 0 Å². The molecule has 0 saturated heterocycles. The van der Waals surface area contributed by atoms with Crippen molar-refractivity contribution in [1.29, 1.82) is 0 Å². The molecule has 23 heavy (non-hydrogen) atoms. The molecule has 3 rings (SSSR count). The number of aromatic nitrogens is 2. The van der Waals surface area contributed by atoms with Gasteiger partial charge in [0, 0.05) is 17.8 Å². The SMILES string of the molecule is COc1ccc(C(=O)Nc2cc(-c3ccccn3)no2)c(C)c1. The van der Waals surface area contributed by atoms with Gasteiger partial charge >= 0.3 is 0 Å². The number of amides is 1. The number of ether oxygens (including phenoxy) is 1. The standard InChI is InChI=1S/C17H15N3O3/c1-11-9-12(22-2)6-7-13(11)17(21)19-16-10-15(20-23-16)14-5-3-4-8-18-14/h3-10H,1-2H3,(H,19,21). The lowest BCUT2D eigenvalue weighted by Gasteiger charge is -2.07. The summed E-state index contributed by atoms with van der Waals surface area (Å²) in [5.41, 5.74) is 2.60. The third-order valence-electron chi connectivity index (χ3n) is 3.35. The molecule has 116 valence electrons. The predicted octanol–water partition coefficient (Wildman–Crippen LogP) is 3.31. The number of hydrogen-bond donors (Lipinski definition) is 1. The van der Waals surface area contributed by atoms with Crippen LogP contribution < -0.4 is 10.1 Å². The first-order valence-corrected chi connectivity index (χ1v) is 7.01. The number of pyridine rings is 1. The van der Waals surface area contributed by atoms with Crippen molar-refractivity contribution < 1.29 is 14.1 Å². The highest BCUT2D eigenvalue weighted by Crippen LogP contribution is 2.21. The maximum atomic E-state index is 12.3. The number of nitrogens with one attached hydrogen (secondary N) is 1. The number of rotatable bonds is 4. The lowest BCUT2D eigenvalue weighted by molar-refractivity contribution is 0.102. The topological polar surface area (TPSA) is 77.2 Å². The third-order valence-corrected chi connectivity index (χ3v) is 3.35. The minimum absolute atomic E-state index is 0.269. The number of benzene rings is 1. The van der Waals surface area contributed by atoms with Crippen LogP contribution in [-0.2, 0) is 0 Å². The van der Waals surface area contributed by atoms with Crippen molar-refractivity contribution in [2.45, 2.75) is 6.92 Å². The number of carbonyl (C=O) groups excluding carboxylic acids is 1. The van der Waals surface area contributed by atoms with Crippen LogP contribution in [0.2, 0.25) is 0 Å². The van der Waals surface area contributed by atoms with E-state index in [9.17, 15) is 4.79 Å². The van der Waals surface area contributed by atoms with Crippen molar-refractivity contribution in [3.8, 4) is 17.1 Å². The Bertz CT molecular complexity index is 828. The monoisotopic (exact) mass is 309 g/mol. The lowest BCUT2D eigenvalue weighted by atomic mass is 10.1. The summed E-state index contributed by atoms with van der Waals surface area (Å²) in [6.45, 7) is 1.84. The number of hydrogen-bond acceptors (Lipinski definition) is 5. The summed E-state index contributed by atoms with van der Waals surface area (Å²) in [5.74, 6) is 0.705. The van der Waals surface area contributed by atoms with Gasteiger partial charge in [-0.3, -0.25) is 15.1 Å². The molecule has 1 amide bonds. The van der Waals surface area contributed by atoms with Gasteiger partial charge < -0.3 is 9.26 Å². The van der Waals surface area contributed by atoms with Gasteiger partial charge in [-0.1, -0.05) is 11.2 Å². The fourth-order valence-electron chi connectivity index (χ4n) is 2.17. The van der Waals surface area contributed by atoms with Crippen molar-refractivity contribution in [2.75, 3.05) is 12.4 Å². The zero-order valence-corrected chi connectivity index (χ0v) is 12.7.